The standard InChI is InChI=1S/C17H23F3N2O/c1-11(14-6-4-5-7-15(14)17(18,19)20)8-16(23)22-9-12(2)21-13(3)10-22/h4-7,11-13,21H,8-10H2,1-3H3/t11-,12-,13-/m1/s1. The Bertz CT molecular complexity index is 549. The molecule has 0 aromatic heterocycles. The molecular weight excluding hydrogens is 305 g/mol. The molecule has 3 atom stereocenters. The normalized spacial score (nSPS) is 23.7. The van der Waals surface area contributed by atoms with E-state index in [0.717, 1.165) is 6.07 Å². The average Bonchev–Trinajstić information content (AvgIpc) is 2.45. The maximum atomic E-state index is 13.1. The van der Waals surface area contributed by atoms with E-state index < -0.39 is 17.7 Å². The largest absolute Gasteiger partial charge is 0.416 e. The summed E-state index contributed by atoms with van der Waals surface area (Å²) in [7, 11) is 0. The lowest BCUT2D eigenvalue weighted by molar-refractivity contribution is -0.139. The Kier molecular flexibility index (Phi) is 5.34. The molecule has 23 heavy (non-hydrogen) atoms. The Hall–Kier alpha value is -1.56. The number of rotatable bonds is 3. The van der Waals surface area contributed by atoms with Crippen molar-refractivity contribution in [2.24, 2.45) is 0 Å². The van der Waals surface area contributed by atoms with E-state index in [1.807, 2.05) is 13.8 Å². The predicted molar refractivity (Wildman–Crippen MR) is 83.1 cm³/mol. The molecule has 0 aliphatic carbocycles. The molecule has 1 aromatic carbocycles. The van der Waals surface area contributed by atoms with Crippen molar-refractivity contribution in [3.05, 3.63) is 35.4 Å². The Morgan fingerprint density at radius 1 is 1.26 bits per heavy atom. The van der Waals surface area contributed by atoms with Gasteiger partial charge in [-0.1, -0.05) is 25.1 Å². The Morgan fingerprint density at radius 3 is 2.39 bits per heavy atom. The van der Waals surface area contributed by atoms with Crippen molar-refractivity contribution in [3.8, 4) is 0 Å². The molecule has 1 aliphatic rings. The maximum Gasteiger partial charge on any atom is 0.416 e. The van der Waals surface area contributed by atoms with Crippen LogP contribution < -0.4 is 5.32 Å². The van der Waals surface area contributed by atoms with Crippen molar-refractivity contribution in [3.63, 3.8) is 0 Å². The van der Waals surface area contributed by atoms with Gasteiger partial charge in [0.05, 0.1) is 5.56 Å². The van der Waals surface area contributed by atoms with Crippen LogP contribution in [-0.4, -0.2) is 36.0 Å². The summed E-state index contributed by atoms with van der Waals surface area (Å²) in [5, 5.41) is 3.34. The molecule has 1 N–H and O–H groups in total. The molecule has 1 fully saturated rings. The molecule has 0 bridgehead atoms. The van der Waals surface area contributed by atoms with Gasteiger partial charge in [-0.3, -0.25) is 4.79 Å². The third-order valence-electron chi connectivity index (χ3n) is 4.19. The van der Waals surface area contributed by atoms with Crippen molar-refractivity contribution in [1.82, 2.24) is 10.2 Å². The fraction of sp³-hybridized carbons (Fsp3) is 0.588. The zero-order chi connectivity index (χ0) is 17.2. The minimum atomic E-state index is -4.40. The molecule has 1 heterocycles. The highest BCUT2D eigenvalue weighted by atomic mass is 19.4. The monoisotopic (exact) mass is 328 g/mol. The van der Waals surface area contributed by atoms with Crippen molar-refractivity contribution >= 4 is 5.91 Å². The number of hydrogen-bond donors (Lipinski definition) is 1. The molecule has 3 nitrogen and oxygen atoms in total. The van der Waals surface area contributed by atoms with Crippen molar-refractivity contribution < 1.29 is 18.0 Å². The highest BCUT2D eigenvalue weighted by Gasteiger charge is 2.35. The fourth-order valence-corrected chi connectivity index (χ4v) is 3.22. The summed E-state index contributed by atoms with van der Waals surface area (Å²) in [4.78, 5) is 14.2. The summed E-state index contributed by atoms with van der Waals surface area (Å²) >= 11 is 0. The van der Waals surface area contributed by atoms with Gasteiger partial charge < -0.3 is 10.2 Å². The summed E-state index contributed by atoms with van der Waals surface area (Å²) in [6, 6.07) is 5.89. The fourth-order valence-electron chi connectivity index (χ4n) is 3.22. The van der Waals surface area contributed by atoms with Crippen LogP contribution in [0.4, 0.5) is 13.2 Å². The number of carbonyl (C=O) groups excluding carboxylic acids is 1. The number of alkyl halides is 3. The first-order valence-corrected chi connectivity index (χ1v) is 7.88. The van der Waals surface area contributed by atoms with Gasteiger partial charge in [0.1, 0.15) is 0 Å². The van der Waals surface area contributed by atoms with Crippen LogP contribution in [0.5, 0.6) is 0 Å². The smallest absolute Gasteiger partial charge is 0.340 e. The summed E-state index contributed by atoms with van der Waals surface area (Å²) in [5.74, 6) is -0.560. The Morgan fingerprint density at radius 2 is 1.83 bits per heavy atom. The first-order valence-electron chi connectivity index (χ1n) is 7.88. The van der Waals surface area contributed by atoms with E-state index in [0.29, 0.717) is 13.1 Å². The van der Waals surface area contributed by atoms with Gasteiger partial charge in [0, 0.05) is 31.6 Å². The lowest BCUT2D eigenvalue weighted by Gasteiger charge is -2.36. The van der Waals surface area contributed by atoms with Crippen molar-refractivity contribution in [1.29, 1.82) is 0 Å². The second-order valence-electron chi connectivity index (χ2n) is 6.46. The van der Waals surface area contributed by atoms with Crippen LogP contribution >= 0.6 is 0 Å². The SMILES string of the molecule is C[C@@H]1CN(C(=O)C[C@@H](C)c2ccccc2C(F)(F)F)C[C@@H](C)N1. The molecule has 1 aromatic rings. The molecule has 0 saturated carbocycles. The first-order chi connectivity index (χ1) is 10.7. The number of benzene rings is 1. The first kappa shape index (κ1) is 17.8. The van der Waals surface area contributed by atoms with Crippen LogP contribution in [-0.2, 0) is 11.0 Å². The molecule has 0 unspecified atom stereocenters. The quantitative estimate of drug-likeness (QED) is 0.922. The van der Waals surface area contributed by atoms with E-state index in [1.165, 1.54) is 12.1 Å². The number of hydrogen-bond acceptors (Lipinski definition) is 2. The van der Waals surface area contributed by atoms with Crippen LogP contribution in [0.2, 0.25) is 0 Å². The van der Waals surface area contributed by atoms with Gasteiger partial charge in [0.15, 0.2) is 0 Å². The zero-order valence-electron chi connectivity index (χ0n) is 13.7. The lowest BCUT2D eigenvalue weighted by atomic mass is 9.92. The van der Waals surface area contributed by atoms with E-state index in [9.17, 15) is 18.0 Å². The third-order valence-corrected chi connectivity index (χ3v) is 4.19. The average molecular weight is 328 g/mol. The molecule has 6 heteroatoms. The molecule has 1 saturated heterocycles. The van der Waals surface area contributed by atoms with Crippen LogP contribution in [0.25, 0.3) is 0 Å². The molecule has 1 aliphatic heterocycles. The molecular formula is C17H23F3N2O. The number of piperazine rings is 1. The number of halogens is 3. The van der Waals surface area contributed by atoms with Crippen LogP contribution in [0.3, 0.4) is 0 Å². The predicted octanol–water partition coefficient (Wildman–Crippen LogP) is 3.41. The van der Waals surface area contributed by atoms with Crippen molar-refractivity contribution in [2.75, 3.05) is 13.1 Å². The summed E-state index contributed by atoms with van der Waals surface area (Å²) in [6.45, 7) is 6.86. The number of carbonyl (C=O) groups is 1. The maximum absolute atomic E-state index is 13.1. The van der Waals surface area contributed by atoms with E-state index in [2.05, 4.69) is 5.32 Å². The van der Waals surface area contributed by atoms with Gasteiger partial charge in [0.25, 0.3) is 0 Å². The lowest BCUT2D eigenvalue weighted by Crippen LogP contribution is -2.55. The molecule has 2 rings (SSSR count). The van der Waals surface area contributed by atoms with Gasteiger partial charge in [-0.2, -0.15) is 13.2 Å². The molecule has 128 valence electrons. The summed E-state index contributed by atoms with van der Waals surface area (Å²) in [6.07, 6.45) is -4.31. The Labute approximate surface area is 134 Å². The van der Waals surface area contributed by atoms with E-state index in [1.54, 1.807) is 17.9 Å². The molecule has 0 radical (unpaired) electrons. The van der Waals surface area contributed by atoms with Gasteiger partial charge in [0.2, 0.25) is 5.91 Å². The Balaban J connectivity index is 2.10. The van der Waals surface area contributed by atoms with Crippen LogP contribution in [0.1, 0.15) is 44.2 Å². The second-order valence-corrected chi connectivity index (χ2v) is 6.46. The van der Waals surface area contributed by atoms with Gasteiger partial charge >= 0.3 is 6.18 Å². The summed E-state index contributed by atoms with van der Waals surface area (Å²) in [5.41, 5.74) is -0.466. The highest BCUT2D eigenvalue weighted by molar-refractivity contribution is 5.77. The minimum absolute atomic E-state index is 0.0883. The topological polar surface area (TPSA) is 32.3 Å². The van der Waals surface area contributed by atoms with Gasteiger partial charge in [-0.15, -0.1) is 0 Å². The van der Waals surface area contributed by atoms with Crippen LogP contribution in [0.15, 0.2) is 24.3 Å². The minimum Gasteiger partial charge on any atom is -0.340 e. The zero-order valence-corrected chi connectivity index (χ0v) is 13.7. The summed E-state index contributed by atoms with van der Waals surface area (Å²) < 4.78 is 39.3. The van der Waals surface area contributed by atoms with Crippen molar-refractivity contribution in [2.45, 2.75) is 51.4 Å². The number of amides is 1. The molecule has 0 spiro atoms. The van der Waals surface area contributed by atoms with Gasteiger partial charge in [-0.25, -0.2) is 0 Å². The van der Waals surface area contributed by atoms with E-state index >= 15 is 0 Å². The second kappa shape index (κ2) is 6.91. The van der Waals surface area contributed by atoms with E-state index in [4.69, 9.17) is 0 Å². The van der Waals surface area contributed by atoms with E-state index in [-0.39, 0.29) is 30.0 Å². The number of nitrogens with one attached hydrogen (secondary N) is 1. The molecule has 1 amide bonds. The van der Waals surface area contributed by atoms with Crippen LogP contribution in [0, 0.1) is 0 Å². The number of nitrogens with zero attached hydrogens (tertiary/aromatic N) is 1. The highest BCUT2D eigenvalue weighted by Crippen LogP contribution is 2.36. The third kappa shape index (κ3) is 4.47. The van der Waals surface area contributed by atoms with Gasteiger partial charge in [-0.05, 0) is 31.4 Å².